The SMILES string of the molecule is COc1ccc(CC(=O)NC(=S)NNC(=O)c2ccc(NC(C)=O)cc2)cc1. The van der Waals surface area contributed by atoms with Crippen molar-refractivity contribution in [3.8, 4) is 5.75 Å². The number of anilines is 1. The summed E-state index contributed by atoms with van der Waals surface area (Å²) in [6, 6.07) is 13.4. The molecule has 2 aromatic rings. The fourth-order valence-corrected chi connectivity index (χ4v) is 2.39. The standard InChI is InChI=1S/C19H20N4O4S/c1-12(24)20-15-7-5-14(6-8-15)18(26)22-23-19(28)21-17(25)11-13-3-9-16(27-2)10-4-13/h3-10H,11H2,1-2H3,(H,20,24)(H,22,26)(H2,21,23,25,28). The number of benzene rings is 2. The molecule has 28 heavy (non-hydrogen) atoms. The van der Waals surface area contributed by atoms with E-state index in [1.807, 2.05) is 0 Å². The highest BCUT2D eigenvalue weighted by molar-refractivity contribution is 7.80. The van der Waals surface area contributed by atoms with Crippen molar-refractivity contribution < 1.29 is 19.1 Å². The number of ether oxygens (including phenoxy) is 1. The predicted molar refractivity (Wildman–Crippen MR) is 109 cm³/mol. The molecule has 2 rings (SSSR count). The van der Waals surface area contributed by atoms with Crippen LogP contribution in [0, 0.1) is 0 Å². The summed E-state index contributed by atoms with van der Waals surface area (Å²) in [4.78, 5) is 35.1. The van der Waals surface area contributed by atoms with Crippen LogP contribution < -0.4 is 26.2 Å². The molecular weight excluding hydrogens is 380 g/mol. The van der Waals surface area contributed by atoms with Crippen LogP contribution in [0.3, 0.4) is 0 Å². The van der Waals surface area contributed by atoms with E-state index >= 15 is 0 Å². The largest absolute Gasteiger partial charge is 0.497 e. The quantitative estimate of drug-likeness (QED) is 0.448. The molecule has 0 aliphatic carbocycles. The Morgan fingerprint density at radius 1 is 0.964 bits per heavy atom. The maximum atomic E-state index is 12.1. The summed E-state index contributed by atoms with van der Waals surface area (Å²) in [5.74, 6) is -0.263. The van der Waals surface area contributed by atoms with E-state index < -0.39 is 5.91 Å². The third-order valence-electron chi connectivity index (χ3n) is 3.53. The highest BCUT2D eigenvalue weighted by atomic mass is 32.1. The average molecular weight is 400 g/mol. The Bertz CT molecular complexity index is 867. The Morgan fingerprint density at radius 2 is 1.61 bits per heavy atom. The summed E-state index contributed by atoms with van der Waals surface area (Å²) < 4.78 is 5.06. The number of thiocarbonyl (C=S) groups is 1. The van der Waals surface area contributed by atoms with Crippen LogP contribution in [0.4, 0.5) is 5.69 Å². The van der Waals surface area contributed by atoms with E-state index in [4.69, 9.17) is 17.0 Å². The second kappa shape index (κ2) is 10.0. The van der Waals surface area contributed by atoms with Gasteiger partial charge in [-0.3, -0.25) is 25.2 Å². The number of hydrogen-bond acceptors (Lipinski definition) is 5. The smallest absolute Gasteiger partial charge is 0.269 e. The summed E-state index contributed by atoms with van der Waals surface area (Å²) in [5, 5.41) is 5.06. The first-order valence-corrected chi connectivity index (χ1v) is 8.69. The second-order valence-corrected chi connectivity index (χ2v) is 6.15. The van der Waals surface area contributed by atoms with Crippen LogP contribution in [-0.2, 0) is 16.0 Å². The van der Waals surface area contributed by atoms with Crippen molar-refractivity contribution >= 4 is 40.7 Å². The molecule has 0 unspecified atom stereocenters. The molecule has 0 atom stereocenters. The Morgan fingerprint density at radius 3 is 2.18 bits per heavy atom. The molecule has 4 N–H and O–H groups in total. The molecule has 0 bridgehead atoms. The molecule has 0 radical (unpaired) electrons. The molecule has 9 heteroatoms. The molecule has 0 heterocycles. The van der Waals surface area contributed by atoms with Gasteiger partial charge in [0.25, 0.3) is 5.91 Å². The van der Waals surface area contributed by atoms with E-state index in [1.54, 1.807) is 55.6 Å². The van der Waals surface area contributed by atoms with E-state index in [-0.39, 0.29) is 23.3 Å². The molecule has 0 saturated heterocycles. The molecule has 0 saturated carbocycles. The van der Waals surface area contributed by atoms with Gasteiger partial charge < -0.3 is 15.4 Å². The lowest BCUT2D eigenvalue weighted by Crippen LogP contribution is -2.48. The number of methoxy groups -OCH3 is 1. The summed E-state index contributed by atoms with van der Waals surface area (Å²) in [5.41, 5.74) is 6.60. The van der Waals surface area contributed by atoms with Gasteiger partial charge in [-0.05, 0) is 54.2 Å². The maximum absolute atomic E-state index is 12.1. The molecular formula is C19H20N4O4S. The molecule has 2 aromatic carbocycles. The first-order chi connectivity index (χ1) is 13.4. The lowest BCUT2D eigenvalue weighted by molar-refractivity contribution is -0.119. The zero-order valence-corrected chi connectivity index (χ0v) is 16.2. The molecule has 0 aromatic heterocycles. The Hall–Kier alpha value is -3.46. The van der Waals surface area contributed by atoms with Gasteiger partial charge in [0.2, 0.25) is 11.8 Å². The number of nitrogens with one attached hydrogen (secondary N) is 4. The number of carbonyl (C=O) groups excluding carboxylic acids is 3. The zero-order chi connectivity index (χ0) is 20.5. The van der Waals surface area contributed by atoms with Gasteiger partial charge in [0.05, 0.1) is 13.5 Å². The molecule has 0 spiro atoms. The maximum Gasteiger partial charge on any atom is 0.269 e. The first-order valence-electron chi connectivity index (χ1n) is 8.28. The Kier molecular flexibility index (Phi) is 7.46. The normalized spacial score (nSPS) is 9.79. The van der Waals surface area contributed by atoms with Gasteiger partial charge in [0, 0.05) is 18.2 Å². The highest BCUT2D eigenvalue weighted by Gasteiger charge is 2.09. The second-order valence-electron chi connectivity index (χ2n) is 5.74. The van der Waals surface area contributed by atoms with Crippen molar-refractivity contribution in [1.29, 1.82) is 0 Å². The van der Waals surface area contributed by atoms with Crippen LogP contribution in [0.15, 0.2) is 48.5 Å². The number of amides is 3. The van der Waals surface area contributed by atoms with Crippen molar-refractivity contribution in [2.24, 2.45) is 0 Å². The molecule has 0 aliphatic rings. The minimum atomic E-state index is -0.443. The summed E-state index contributed by atoms with van der Waals surface area (Å²) in [7, 11) is 1.57. The van der Waals surface area contributed by atoms with Crippen molar-refractivity contribution in [2.45, 2.75) is 13.3 Å². The van der Waals surface area contributed by atoms with E-state index in [9.17, 15) is 14.4 Å². The molecule has 0 aliphatic heterocycles. The summed E-state index contributed by atoms with van der Waals surface area (Å²) in [6.07, 6.45) is 0.129. The zero-order valence-electron chi connectivity index (χ0n) is 15.4. The first kappa shape index (κ1) is 20.8. The van der Waals surface area contributed by atoms with Gasteiger partial charge in [-0.25, -0.2) is 0 Å². The Labute approximate surface area is 167 Å². The minimum Gasteiger partial charge on any atom is -0.497 e. The van der Waals surface area contributed by atoms with Gasteiger partial charge in [-0.2, -0.15) is 0 Å². The van der Waals surface area contributed by atoms with E-state index in [0.717, 1.165) is 5.56 Å². The average Bonchev–Trinajstić information content (AvgIpc) is 2.66. The van der Waals surface area contributed by atoms with E-state index in [2.05, 4.69) is 21.5 Å². The molecule has 0 fully saturated rings. The highest BCUT2D eigenvalue weighted by Crippen LogP contribution is 2.11. The van der Waals surface area contributed by atoms with Crippen LogP contribution in [0.5, 0.6) is 5.75 Å². The van der Waals surface area contributed by atoms with Gasteiger partial charge in [0.1, 0.15) is 5.75 Å². The minimum absolute atomic E-state index is 0.0262. The van der Waals surface area contributed by atoms with Crippen LogP contribution >= 0.6 is 12.2 Å². The van der Waals surface area contributed by atoms with Crippen molar-refractivity contribution in [1.82, 2.24) is 16.2 Å². The van der Waals surface area contributed by atoms with Crippen molar-refractivity contribution in [3.05, 3.63) is 59.7 Å². The molecule has 146 valence electrons. The lowest BCUT2D eigenvalue weighted by atomic mass is 10.1. The van der Waals surface area contributed by atoms with Crippen molar-refractivity contribution in [2.75, 3.05) is 12.4 Å². The lowest BCUT2D eigenvalue weighted by Gasteiger charge is -2.11. The Balaban J connectivity index is 1.78. The van der Waals surface area contributed by atoms with Gasteiger partial charge in [-0.15, -0.1) is 0 Å². The van der Waals surface area contributed by atoms with E-state index in [0.29, 0.717) is 17.0 Å². The van der Waals surface area contributed by atoms with Crippen molar-refractivity contribution in [3.63, 3.8) is 0 Å². The van der Waals surface area contributed by atoms with Crippen LogP contribution in [0.25, 0.3) is 0 Å². The fraction of sp³-hybridized carbons (Fsp3) is 0.158. The van der Waals surface area contributed by atoms with Gasteiger partial charge >= 0.3 is 0 Å². The monoisotopic (exact) mass is 400 g/mol. The summed E-state index contributed by atoms with van der Waals surface area (Å²) >= 11 is 5.00. The molecule has 8 nitrogen and oxygen atoms in total. The number of hydrogen-bond donors (Lipinski definition) is 4. The van der Waals surface area contributed by atoms with E-state index in [1.165, 1.54) is 6.92 Å². The van der Waals surface area contributed by atoms with Gasteiger partial charge in [0.15, 0.2) is 5.11 Å². The van der Waals surface area contributed by atoms with Crippen LogP contribution in [0.2, 0.25) is 0 Å². The van der Waals surface area contributed by atoms with Crippen LogP contribution in [0.1, 0.15) is 22.8 Å². The third-order valence-corrected chi connectivity index (χ3v) is 3.74. The van der Waals surface area contributed by atoms with Crippen LogP contribution in [-0.4, -0.2) is 29.9 Å². The predicted octanol–water partition coefficient (Wildman–Crippen LogP) is 1.53. The fourth-order valence-electron chi connectivity index (χ4n) is 2.22. The third kappa shape index (κ3) is 6.69. The number of carbonyl (C=O) groups is 3. The number of rotatable bonds is 5. The molecule has 3 amide bonds. The topological polar surface area (TPSA) is 109 Å². The number of hydrazine groups is 1. The summed E-state index contributed by atoms with van der Waals surface area (Å²) in [6.45, 7) is 1.40. The van der Waals surface area contributed by atoms with Gasteiger partial charge in [-0.1, -0.05) is 12.1 Å².